The molecule has 0 aliphatic heterocycles. The minimum atomic E-state index is 0.403. The lowest BCUT2D eigenvalue weighted by molar-refractivity contribution is 0.546. The number of hydrogen-bond donors (Lipinski definition) is 1. The van der Waals surface area contributed by atoms with Gasteiger partial charge in [-0.1, -0.05) is 24.3 Å². The van der Waals surface area contributed by atoms with E-state index in [1.807, 2.05) is 25.5 Å². The van der Waals surface area contributed by atoms with Crippen LogP contribution >= 0.6 is 0 Å². The molecule has 0 fully saturated rings. The summed E-state index contributed by atoms with van der Waals surface area (Å²) in [6, 6.07) is 11.1. The van der Waals surface area contributed by atoms with E-state index in [-0.39, 0.29) is 0 Å². The van der Waals surface area contributed by atoms with Crippen molar-refractivity contribution in [2.45, 2.75) is 32.7 Å². The summed E-state index contributed by atoms with van der Waals surface area (Å²) in [5, 5.41) is 3.44. The maximum Gasteiger partial charge on any atom is 0.0323 e. The Morgan fingerprint density at radius 1 is 1.16 bits per heavy atom. The highest BCUT2D eigenvalue weighted by Gasteiger charge is 2.12. The van der Waals surface area contributed by atoms with Crippen LogP contribution in [0.2, 0.25) is 0 Å². The van der Waals surface area contributed by atoms with E-state index < -0.39 is 0 Å². The maximum absolute atomic E-state index is 4.17. The summed E-state index contributed by atoms with van der Waals surface area (Å²) in [6.45, 7) is 4.38. The van der Waals surface area contributed by atoms with Crippen molar-refractivity contribution in [1.29, 1.82) is 0 Å². The number of pyridine rings is 1. The van der Waals surface area contributed by atoms with Crippen molar-refractivity contribution in [3.8, 4) is 0 Å². The molecular weight excluding hydrogens is 232 g/mol. The molecule has 1 unspecified atom stereocenters. The van der Waals surface area contributed by atoms with Gasteiger partial charge < -0.3 is 5.32 Å². The Morgan fingerprint density at radius 2 is 2.00 bits per heavy atom. The Morgan fingerprint density at radius 3 is 2.68 bits per heavy atom. The first kappa shape index (κ1) is 13.8. The van der Waals surface area contributed by atoms with Crippen molar-refractivity contribution in [2.75, 3.05) is 7.05 Å². The molecule has 0 bridgehead atoms. The Labute approximate surface area is 115 Å². The Balaban J connectivity index is 2.10. The van der Waals surface area contributed by atoms with Crippen LogP contribution in [0.1, 0.15) is 34.7 Å². The van der Waals surface area contributed by atoms with Gasteiger partial charge in [0, 0.05) is 18.4 Å². The second-order valence-electron chi connectivity index (χ2n) is 5.03. The van der Waals surface area contributed by atoms with Gasteiger partial charge in [-0.15, -0.1) is 0 Å². The van der Waals surface area contributed by atoms with Crippen LogP contribution in [0.15, 0.2) is 42.7 Å². The van der Waals surface area contributed by atoms with Crippen molar-refractivity contribution in [3.05, 3.63) is 65.0 Å². The number of hydrogen-bond acceptors (Lipinski definition) is 2. The highest BCUT2D eigenvalue weighted by molar-refractivity contribution is 5.35. The summed E-state index contributed by atoms with van der Waals surface area (Å²) in [5.74, 6) is 0. The number of aryl methyl sites for hydroxylation is 2. The van der Waals surface area contributed by atoms with Crippen molar-refractivity contribution in [3.63, 3.8) is 0 Å². The third kappa shape index (κ3) is 3.42. The Bertz CT molecular complexity index is 520. The molecule has 1 N–H and O–H groups in total. The molecule has 2 nitrogen and oxygen atoms in total. The van der Waals surface area contributed by atoms with Crippen LogP contribution in [0.25, 0.3) is 0 Å². The molecule has 1 atom stereocenters. The standard InChI is InChI=1S/C17H22N2/c1-13-6-4-8-16(14(13)2)17(18-3)10-9-15-7-5-11-19-12-15/h4-8,11-12,17-18H,9-10H2,1-3H3. The van der Waals surface area contributed by atoms with Gasteiger partial charge in [0.15, 0.2) is 0 Å². The number of benzene rings is 1. The van der Waals surface area contributed by atoms with E-state index in [0.29, 0.717) is 6.04 Å². The highest BCUT2D eigenvalue weighted by Crippen LogP contribution is 2.24. The van der Waals surface area contributed by atoms with Crippen molar-refractivity contribution in [1.82, 2.24) is 10.3 Å². The molecule has 0 aliphatic rings. The zero-order chi connectivity index (χ0) is 13.7. The van der Waals surface area contributed by atoms with Crippen LogP contribution in [0.5, 0.6) is 0 Å². The Hall–Kier alpha value is -1.67. The smallest absolute Gasteiger partial charge is 0.0323 e. The molecule has 0 saturated heterocycles. The van der Waals surface area contributed by atoms with Gasteiger partial charge in [-0.3, -0.25) is 4.98 Å². The summed E-state index contributed by atoms with van der Waals surface area (Å²) in [4.78, 5) is 4.17. The van der Waals surface area contributed by atoms with Gasteiger partial charge in [-0.2, -0.15) is 0 Å². The summed E-state index contributed by atoms with van der Waals surface area (Å²) < 4.78 is 0. The van der Waals surface area contributed by atoms with E-state index in [0.717, 1.165) is 12.8 Å². The summed E-state index contributed by atoms with van der Waals surface area (Å²) in [6.07, 6.45) is 5.92. The summed E-state index contributed by atoms with van der Waals surface area (Å²) >= 11 is 0. The molecule has 1 aromatic carbocycles. The van der Waals surface area contributed by atoms with Crippen LogP contribution in [0, 0.1) is 13.8 Å². The topological polar surface area (TPSA) is 24.9 Å². The zero-order valence-electron chi connectivity index (χ0n) is 12.0. The first-order chi connectivity index (χ1) is 9.22. The first-order valence-corrected chi connectivity index (χ1v) is 6.84. The quantitative estimate of drug-likeness (QED) is 0.882. The maximum atomic E-state index is 4.17. The van der Waals surface area contributed by atoms with E-state index in [2.05, 4.69) is 48.4 Å². The lowest BCUT2D eigenvalue weighted by Gasteiger charge is -2.20. The predicted molar refractivity (Wildman–Crippen MR) is 80.3 cm³/mol. The molecule has 2 rings (SSSR count). The fourth-order valence-corrected chi connectivity index (χ4v) is 2.46. The molecule has 0 amide bonds. The average molecular weight is 254 g/mol. The molecule has 0 aliphatic carbocycles. The molecule has 100 valence electrons. The van der Waals surface area contributed by atoms with Crippen LogP contribution in [0.4, 0.5) is 0 Å². The second-order valence-corrected chi connectivity index (χ2v) is 5.03. The van der Waals surface area contributed by atoms with Gasteiger partial charge in [0.2, 0.25) is 0 Å². The molecule has 2 heteroatoms. The summed E-state index contributed by atoms with van der Waals surface area (Å²) in [7, 11) is 2.04. The van der Waals surface area contributed by atoms with Crippen LogP contribution in [0.3, 0.4) is 0 Å². The normalized spacial score (nSPS) is 12.4. The van der Waals surface area contributed by atoms with E-state index in [1.54, 1.807) is 0 Å². The van der Waals surface area contributed by atoms with Gasteiger partial charge in [-0.25, -0.2) is 0 Å². The van der Waals surface area contributed by atoms with E-state index >= 15 is 0 Å². The van der Waals surface area contributed by atoms with Gasteiger partial charge >= 0.3 is 0 Å². The molecule has 19 heavy (non-hydrogen) atoms. The minimum absolute atomic E-state index is 0.403. The molecular formula is C17H22N2. The number of nitrogens with zero attached hydrogens (tertiary/aromatic N) is 1. The number of aromatic nitrogens is 1. The fraction of sp³-hybridized carbons (Fsp3) is 0.353. The largest absolute Gasteiger partial charge is 0.313 e. The van der Waals surface area contributed by atoms with E-state index in [1.165, 1.54) is 22.3 Å². The zero-order valence-corrected chi connectivity index (χ0v) is 12.0. The number of rotatable bonds is 5. The van der Waals surface area contributed by atoms with Crippen LogP contribution < -0.4 is 5.32 Å². The average Bonchev–Trinajstić information content (AvgIpc) is 2.45. The lowest BCUT2D eigenvalue weighted by Crippen LogP contribution is -2.18. The molecule has 1 aromatic heterocycles. The second kappa shape index (κ2) is 6.48. The lowest BCUT2D eigenvalue weighted by atomic mass is 9.94. The highest BCUT2D eigenvalue weighted by atomic mass is 14.9. The summed E-state index contributed by atoms with van der Waals surface area (Å²) in [5.41, 5.74) is 5.46. The van der Waals surface area contributed by atoms with Crippen molar-refractivity contribution >= 4 is 0 Å². The predicted octanol–water partition coefficient (Wildman–Crippen LogP) is 3.59. The van der Waals surface area contributed by atoms with E-state index in [9.17, 15) is 0 Å². The van der Waals surface area contributed by atoms with Crippen molar-refractivity contribution in [2.24, 2.45) is 0 Å². The van der Waals surface area contributed by atoms with Gasteiger partial charge in [0.25, 0.3) is 0 Å². The molecule has 0 radical (unpaired) electrons. The van der Waals surface area contributed by atoms with Crippen LogP contribution in [-0.4, -0.2) is 12.0 Å². The Kier molecular flexibility index (Phi) is 4.69. The molecule has 0 saturated carbocycles. The van der Waals surface area contributed by atoms with Gasteiger partial charge in [0.1, 0.15) is 0 Å². The minimum Gasteiger partial charge on any atom is -0.313 e. The molecule has 0 spiro atoms. The van der Waals surface area contributed by atoms with Gasteiger partial charge in [0.05, 0.1) is 0 Å². The first-order valence-electron chi connectivity index (χ1n) is 6.84. The molecule has 2 aromatic rings. The SMILES string of the molecule is CNC(CCc1cccnc1)c1cccc(C)c1C. The third-order valence-electron chi connectivity index (χ3n) is 3.81. The van der Waals surface area contributed by atoms with Crippen molar-refractivity contribution < 1.29 is 0 Å². The van der Waals surface area contributed by atoms with Gasteiger partial charge in [-0.05, 0) is 62.1 Å². The molecule has 1 heterocycles. The fourth-order valence-electron chi connectivity index (χ4n) is 2.46. The van der Waals surface area contributed by atoms with Crippen LogP contribution in [-0.2, 0) is 6.42 Å². The monoisotopic (exact) mass is 254 g/mol. The van der Waals surface area contributed by atoms with E-state index in [4.69, 9.17) is 0 Å². The number of nitrogens with one attached hydrogen (secondary N) is 1. The third-order valence-corrected chi connectivity index (χ3v) is 3.81.